The van der Waals surface area contributed by atoms with Gasteiger partial charge in [0.1, 0.15) is 17.7 Å². The van der Waals surface area contributed by atoms with Crippen LogP contribution >= 0.6 is 0 Å². The Kier molecular flexibility index (Phi) is 12.3. The Morgan fingerprint density at radius 1 is 0.729 bits per heavy atom. The summed E-state index contributed by atoms with van der Waals surface area (Å²) in [7, 11) is 2.30. The quantitative estimate of drug-likeness (QED) is 0.103. The first-order valence-corrected chi connectivity index (χ1v) is 19.0. The molecule has 0 spiro atoms. The van der Waals surface area contributed by atoms with Gasteiger partial charge < -0.3 is 34.6 Å². The molecule has 0 bridgehead atoms. The molecule has 4 amide bonds. The van der Waals surface area contributed by atoms with Crippen LogP contribution in [0.2, 0.25) is 0 Å². The first kappa shape index (κ1) is 42.5. The molecule has 2 fully saturated rings. The topological polar surface area (TPSA) is 175 Å². The van der Waals surface area contributed by atoms with Gasteiger partial charge in [0.25, 0.3) is 11.8 Å². The SMILES string of the molecule is COC(=O)N=CC(C(=O)N1CC(F)(F)C[C@H]1c1ncc(-c2ccc(-c3ccc(-c4cnc([C@@H]5CC(F)(F)CN5C(=O)[C@@H](NC(=O)OC)C(C)C)[nH]4)cc3)cc2)[nH]1)C(C)C. The lowest BCUT2D eigenvalue weighted by molar-refractivity contribution is -0.137. The van der Waals surface area contributed by atoms with Crippen LogP contribution in [-0.4, -0.2) is 105 Å². The minimum Gasteiger partial charge on any atom is -0.453 e. The van der Waals surface area contributed by atoms with Crippen LogP contribution in [0.4, 0.5) is 27.2 Å². The Hall–Kier alpha value is -6.07. The molecule has 2 aliphatic rings. The lowest BCUT2D eigenvalue weighted by atomic mass is 9.95. The second-order valence-electron chi connectivity index (χ2n) is 15.5. The van der Waals surface area contributed by atoms with Crippen molar-refractivity contribution in [2.75, 3.05) is 27.3 Å². The summed E-state index contributed by atoms with van der Waals surface area (Å²) in [5, 5.41) is 2.45. The third kappa shape index (κ3) is 9.47. The zero-order chi connectivity index (χ0) is 42.8. The van der Waals surface area contributed by atoms with Gasteiger partial charge in [-0.3, -0.25) is 9.59 Å². The highest BCUT2D eigenvalue weighted by molar-refractivity contribution is 5.97. The number of ether oxygens (including phenoxy) is 2. The fourth-order valence-electron chi connectivity index (χ4n) is 7.36. The van der Waals surface area contributed by atoms with Crippen molar-refractivity contribution in [1.82, 2.24) is 35.1 Å². The van der Waals surface area contributed by atoms with E-state index in [-0.39, 0.29) is 17.6 Å². The van der Waals surface area contributed by atoms with E-state index in [2.05, 4.69) is 39.7 Å². The maximum absolute atomic E-state index is 14.8. The number of carbonyl (C=O) groups excluding carboxylic acids is 4. The number of benzene rings is 2. The summed E-state index contributed by atoms with van der Waals surface area (Å²) in [5.74, 6) is -8.83. The van der Waals surface area contributed by atoms with Gasteiger partial charge in [0, 0.05) is 19.1 Å². The van der Waals surface area contributed by atoms with Crippen molar-refractivity contribution in [2.24, 2.45) is 22.7 Å². The molecule has 4 heterocycles. The molecular formula is C41H46F4N8O6. The number of rotatable bonds is 11. The first-order valence-electron chi connectivity index (χ1n) is 19.0. The zero-order valence-electron chi connectivity index (χ0n) is 33.3. The molecule has 314 valence electrons. The van der Waals surface area contributed by atoms with Crippen molar-refractivity contribution in [3.63, 3.8) is 0 Å². The van der Waals surface area contributed by atoms with Crippen LogP contribution in [0, 0.1) is 17.8 Å². The molecule has 14 nitrogen and oxygen atoms in total. The molecule has 2 aromatic heterocycles. The number of hydrogen-bond acceptors (Lipinski definition) is 8. The summed E-state index contributed by atoms with van der Waals surface area (Å²) < 4.78 is 68.3. The summed E-state index contributed by atoms with van der Waals surface area (Å²) in [6.07, 6.45) is 1.20. The first-order chi connectivity index (χ1) is 27.9. The second-order valence-corrected chi connectivity index (χ2v) is 15.5. The molecule has 3 N–H and O–H groups in total. The van der Waals surface area contributed by atoms with E-state index >= 15 is 0 Å². The van der Waals surface area contributed by atoms with E-state index in [1.54, 1.807) is 27.7 Å². The molecule has 2 aliphatic heterocycles. The summed E-state index contributed by atoms with van der Waals surface area (Å²) >= 11 is 0. The number of halogens is 4. The van der Waals surface area contributed by atoms with Crippen LogP contribution in [0.3, 0.4) is 0 Å². The van der Waals surface area contributed by atoms with E-state index in [0.29, 0.717) is 11.4 Å². The average Bonchev–Trinajstić information content (AvgIpc) is 4.01. The van der Waals surface area contributed by atoms with E-state index in [1.807, 2.05) is 48.5 Å². The number of alkyl halides is 4. The maximum Gasteiger partial charge on any atom is 0.432 e. The molecule has 0 radical (unpaired) electrons. The number of aromatic amines is 2. The summed E-state index contributed by atoms with van der Waals surface area (Å²) in [4.78, 5) is 71.3. The van der Waals surface area contributed by atoms with Gasteiger partial charge in [0.15, 0.2) is 0 Å². The molecule has 6 rings (SSSR count). The predicted octanol–water partition coefficient (Wildman–Crippen LogP) is 7.44. The van der Waals surface area contributed by atoms with Crippen LogP contribution < -0.4 is 5.32 Å². The molecule has 59 heavy (non-hydrogen) atoms. The van der Waals surface area contributed by atoms with Crippen molar-refractivity contribution in [3.05, 3.63) is 72.6 Å². The monoisotopic (exact) mass is 822 g/mol. The molecule has 4 aromatic rings. The van der Waals surface area contributed by atoms with Crippen LogP contribution in [0.5, 0.6) is 0 Å². The fraction of sp³-hybridized carbons (Fsp3) is 0.439. The van der Waals surface area contributed by atoms with Gasteiger partial charge in [-0.25, -0.2) is 37.1 Å². The minimum absolute atomic E-state index is 0.193. The number of nitrogens with zero attached hydrogens (tertiary/aromatic N) is 5. The van der Waals surface area contributed by atoms with E-state index in [4.69, 9.17) is 0 Å². The third-order valence-electron chi connectivity index (χ3n) is 10.6. The molecule has 18 heteroatoms. The molecule has 2 aromatic carbocycles. The van der Waals surface area contributed by atoms with Crippen LogP contribution in [0.1, 0.15) is 64.3 Å². The fourth-order valence-corrected chi connectivity index (χ4v) is 7.36. The summed E-state index contributed by atoms with van der Waals surface area (Å²) in [6, 6.07) is 11.8. The number of carbonyl (C=O) groups is 4. The average molecular weight is 823 g/mol. The molecule has 1 unspecified atom stereocenters. The van der Waals surface area contributed by atoms with Crippen LogP contribution in [0.25, 0.3) is 33.6 Å². The van der Waals surface area contributed by atoms with Gasteiger partial charge in [-0.05, 0) is 34.1 Å². The van der Waals surface area contributed by atoms with E-state index in [9.17, 15) is 36.7 Å². The lowest BCUT2D eigenvalue weighted by Crippen LogP contribution is -2.51. The Morgan fingerprint density at radius 2 is 1.17 bits per heavy atom. The number of likely N-dealkylation sites (tertiary alicyclic amines) is 2. The molecule has 0 saturated carbocycles. The Bertz CT molecular complexity index is 2190. The van der Waals surface area contributed by atoms with Crippen molar-refractivity contribution in [3.8, 4) is 33.6 Å². The number of amides is 4. The summed E-state index contributed by atoms with van der Waals surface area (Å²) in [6.45, 7) is 5.24. The van der Waals surface area contributed by atoms with Gasteiger partial charge in [-0.1, -0.05) is 76.2 Å². The number of aromatic nitrogens is 4. The van der Waals surface area contributed by atoms with Crippen molar-refractivity contribution in [2.45, 2.75) is 70.5 Å². The van der Waals surface area contributed by atoms with E-state index in [1.165, 1.54) is 12.4 Å². The second kappa shape index (κ2) is 17.0. The van der Waals surface area contributed by atoms with Gasteiger partial charge in [-0.2, -0.15) is 4.99 Å². The van der Waals surface area contributed by atoms with Crippen LogP contribution in [0.15, 0.2) is 65.9 Å². The highest BCUT2D eigenvalue weighted by atomic mass is 19.3. The Balaban J connectivity index is 1.15. The molecule has 0 aliphatic carbocycles. The molecule has 2 saturated heterocycles. The number of H-pyrrole nitrogens is 2. The maximum atomic E-state index is 14.8. The van der Waals surface area contributed by atoms with Gasteiger partial charge in [-0.15, -0.1) is 0 Å². The van der Waals surface area contributed by atoms with E-state index in [0.717, 1.165) is 52.5 Å². The molecular weight excluding hydrogens is 776 g/mol. The van der Waals surface area contributed by atoms with Crippen molar-refractivity contribution in [1.29, 1.82) is 0 Å². The Morgan fingerprint density at radius 3 is 1.58 bits per heavy atom. The number of aliphatic imine (C=N–C) groups is 1. The smallest absolute Gasteiger partial charge is 0.432 e. The predicted molar refractivity (Wildman–Crippen MR) is 208 cm³/mol. The highest BCUT2D eigenvalue weighted by Gasteiger charge is 2.51. The van der Waals surface area contributed by atoms with Gasteiger partial charge in [0.2, 0.25) is 11.8 Å². The largest absolute Gasteiger partial charge is 0.453 e. The van der Waals surface area contributed by atoms with Crippen LogP contribution in [-0.2, 0) is 19.1 Å². The molecule has 4 atom stereocenters. The number of nitrogens with one attached hydrogen (secondary N) is 3. The number of alkyl carbamates (subject to hydrolysis) is 1. The normalized spacial score (nSPS) is 19.7. The third-order valence-corrected chi connectivity index (χ3v) is 10.6. The van der Waals surface area contributed by atoms with Gasteiger partial charge >= 0.3 is 12.2 Å². The van der Waals surface area contributed by atoms with Gasteiger partial charge in [0.05, 0.1) is 69.1 Å². The number of imidazole rings is 2. The standard InChI is InChI=1S/C41H46F4N8O6/c1-22(2)28(17-48-38(56)58-5)36(54)52-20-40(42,43)15-31(52)34-46-18-29(49-34)26-11-7-24(8-12-26)25-9-13-27(14-10-25)30-19-47-35(50-30)32-16-41(44,45)21-53(32)37(55)33(23(3)4)51-39(57)59-6/h7-14,17-19,22-23,28,31-33H,15-16,20-21H2,1-6H3,(H,46,49)(H,47,50)(H,51,57)/t28?,31-,32-,33-/m0/s1. The minimum atomic E-state index is -3.16. The van der Waals surface area contributed by atoms with Crippen molar-refractivity contribution < 1.29 is 46.2 Å². The number of hydrogen-bond donors (Lipinski definition) is 3. The van der Waals surface area contributed by atoms with E-state index < -0.39 is 91.7 Å². The highest BCUT2D eigenvalue weighted by Crippen LogP contribution is 2.43. The number of methoxy groups -OCH3 is 2. The summed E-state index contributed by atoms with van der Waals surface area (Å²) in [5.41, 5.74) is 4.31. The Labute approximate surface area is 337 Å². The zero-order valence-corrected chi connectivity index (χ0v) is 33.3. The lowest BCUT2D eigenvalue weighted by Gasteiger charge is -2.29. The van der Waals surface area contributed by atoms with Crippen molar-refractivity contribution >= 4 is 30.2 Å².